The average Bonchev–Trinajstić information content (AvgIpc) is 2.65. The molecule has 0 heterocycles. The monoisotopic (exact) mass is 357 g/mol. The molecule has 2 N–H and O–H groups in total. The summed E-state index contributed by atoms with van der Waals surface area (Å²) in [5.41, 5.74) is 0.806. The second-order valence-corrected chi connectivity index (χ2v) is 5.60. The highest BCUT2D eigenvalue weighted by molar-refractivity contribution is 5.97. The number of benzene rings is 2. The highest BCUT2D eigenvalue weighted by Gasteiger charge is 2.23. The smallest absolute Gasteiger partial charge is 0.330 e. The molecule has 0 bridgehead atoms. The van der Waals surface area contributed by atoms with Crippen molar-refractivity contribution in [2.45, 2.75) is 26.3 Å². The summed E-state index contributed by atoms with van der Waals surface area (Å²) in [4.78, 5) is 24.1. The first kappa shape index (κ1) is 19.3. The van der Waals surface area contributed by atoms with Gasteiger partial charge in [0.15, 0.2) is 17.5 Å². The minimum Gasteiger partial charge on any atom is -0.490 e. The minimum absolute atomic E-state index is 0.305. The fourth-order valence-electron chi connectivity index (χ4n) is 2.40. The van der Waals surface area contributed by atoms with Crippen LogP contribution < -0.4 is 14.8 Å². The first-order valence-corrected chi connectivity index (χ1v) is 8.55. The number of ether oxygens (including phenoxy) is 2. The topological polar surface area (TPSA) is 84.9 Å². The Kier molecular flexibility index (Phi) is 7.02. The van der Waals surface area contributed by atoms with Crippen LogP contribution in [-0.4, -0.2) is 30.2 Å². The maximum absolute atomic E-state index is 12.5. The molecule has 0 aromatic heterocycles. The molecular weight excluding hydrogens is 334 g/mol. The van der Waals surface area contributed by atoms with Crippen molar-refractivity contribution in [3.8, 4) is 11.5 Å². The van der Waals surface area contributed by atoms with Crippen molar-refractivity contribution in [1.29, 1.82) is 0 Å². The first-order valence-electron chi connectivity index (χ1n) is 8.55. The van der Waals surface area contributed by atoms with Crippen molar-refractivity contribution < 1.29 is 24.2 Å². The van der Waals surface area contributed by atoms with Crippen molar-refractivity contribution in [1.82, 2.24) is 5.32 Å². The third kappa shape index (κ3) is 4.99. The Morgan fingerprint density at radius 2 is 1.77 bits per heavy atom. The van der Waals surface area contributed by atoms with Gasteiger partial charge in [0.1, 0.15) is 0 Å². The van der Waals surface area contributed by atoms with Gasteiger partial charge in [0.2, 0.25) is 0 Å². The molecule has 0 radical (unpaired) electrons. The average molecular weight is 357 g/mol. The van der Waals surface area contributed by atoms with Crippen LogP contribution in [0.3, 0.4) is 0 Å². The van der Waals surface area contributed by atoms with Gasteiger partial charge < -0.3 is 19.9 Å². The lowest BCUT2D eigenvalue weighted by Gasteiger charge is -2.16. The van der Waals surface area contributed by atoms with Crippen LogP contribution in [0.4, 0.5) is 0 Å². The van der Waals surface area contributed by atoms with Crippen molar-refractivity contribution in [3.05, 3.63) is 59.7 Å². The standard InChI is InChI=1S/C20H23NO5/c1-3-12-26-16-11-10-15(13-17(16)25-4-2)19(22)21-18(20(23)24)14-8-6-5-7-9-14/h5-11,13,18H,3-4,12H2,1-2H3,(H,21,22)(H,23,24)/t18-/m0/s1. The van der Waals surface area contributed by atoms with Crippen molar-refractivity contribution in [3.63, 3.8) is 0 Å². The first-order chi connectivity index (χ1) is 12.6. The predicted octanol–water partition coefficient (Wildman–Crippen LogP) is 3.43. The maximum atomic E-state index is 12.5. The molecule has 26 heavy (non-hydrogen) atoms. The Morgan fingerprint density at radius 1 is 1.04 bits per heavy atom. The van der Waals surface area contributed by atoms with Gasteiger partial charge in [-0.2, -0.15) is 0 Å². The molecule has 0 aliphatic carbocycles. The minimum atomic E-state index is -1.13. The van der Waals surface area contributed by atoms with E-state index in [0.717, 1.165) is 6.42 Å². The predicted molar refractivity (Wildman–Crippen MR) is 97.7 cm³/mol. The van der Waals surface area contributed by atoms with Gasteiger partial charge >= 0.3 is 5.97 Å². The summed E-state index contributed by atoms with van der Waals surface area (Å²) in [5, 5.41) is 12.0. The lowest BCUT2D eigenvalue weighted by Crippen LogP contribution is -2.33. The van der Waals surface area contributed by atoms with Gasteiger partial charge in [0.25, 0.3) is 5.91 Å². The zero-order valence-corrected chi connectivity index (χ0v) is 14.9. The summed E-state index contributed by atoms with van der Waals surface area (Å²) in [5.74, 6) is -0.606. The van der Waals surface area contributed by atoms with Gasteiger partial charge in [-0.1, -0.05) is 37.3 Å². The number of aliphatic carboxylic acids is 1. The van der Waals surface area contributed by atoms with Gasteiger partial charge in [-0.25, -0.2) is 4.79 Å². The molecule has 138 valence electrons. The molecule has 0 spiro atoms. The summed E-state index contributed by atoms with van der Waals surface area (Å²) in [6.45, 7) is 4.81. The van der Waals surface area contributed by atoms with Crippen LogP contribution in [0.2, 0.25) is 0 Å². The van der Waals surface area contributed by atoms with Gasteiger partial charge in [-0.05, 0) is 37.1 Å². The van der Waals surface area contributed by atoms with Gasteiger partial charge in [-0.3, -0.25) is 4.79 Å². The molecule has 2 rings (SSSR count). The lowest BCUT2D eigenvalue weighted by molar-refractivity contribution is -0.139. The number of rotatable bonds is 9. The van der Waals surface area contributed by atoms with E-state index in [4.69, 9.17) is 9.47 Å². The molecule has 0 aliphatic rings. The van der Waals surface area contributed by atoms with E-state index in [1.54, 1.807) is 48.5 Å². The highest BCUT2D eigenvalue weighted by Crippen LogP contribution is 2.29. The number of hydrogen-bond donors (Lipinski definition) is 2. The highest BCUT2D eigenvalue weighted by atomic mass is 16.5. The summed E-state index contributed by atoms with van der Waals surface area (Å²) in [6, 6.07) is 12.2. The molecule has 0 unspecified atom stereocenters. The van der Waals surface area contributed by atoms with Crippen LogP contribution in [0.15, 0.2) is 48.5 Å². The molecule has 1 amide bonds. The molecule has 2 aromatic rings. The quantitative estimate of drug-likeness (QED) is 0.718. The van der Waals surface area contributed by atoms with Crippen LogP contribution in [0.1, 0.15) is 42.2 Å². The van der Waals surface area contributed by atoms with Crippen LogP contribution in [0.25, 0.3) is 0 Å². The second kappa shape index (κ2) is 9.46. The summed E-state index contributed by atoms with van der Waals surface area (Å²) in [6.07, 6.45) is 0.852. The second-order valence-electron chi connectivity index (χ2n) is 5.60. The summed E-state index contributed by atoms with van der Waals surface area (Å²) >= 11 is 0. The number of carboxylic acids is 1. The Hall–Kier alpha value is -3.02. The van der Waals surface area contributed by atoms with Gasteiger partial charge in [0.05, 0.1) is 13.2 Å². The van der Waals surface area contributed by atoms with E-state index < -0.39 is 17.9 Å². The lowest BCUT2D eigenvalue weighted by atomic mass is 10.1. The van der Waals surface area contributed by atoms with Crippen LogP contribution in [-0.2, 0) is 4.79 Å². The zero-order valence-electron chi connectivity index (χ0n) is 14.9. The number of carbonyl (C=O) groups excluding carboxylic acids is 1. The van der Waals surface area contributed by atoms with Crippen LogP contribution in [0, 0.1) is 0 Å². The van der Waals surface area contributed by atoms with E-state index >= 15 is 0 Å². The zero-order chi connectivity index (χ0) is 18.9. The number of carboxylic acid groups (broad SMARTS) is 1. The van der Waals surface area contributed by atoms with E-state index in [2.05, 4.69) is 5.32 Å². The van der Waals surface area contributed by atoms with E-state index in [1.165, 1.54) is 0 Å². The number of amides is 1. The largest absolute Gasteiger partial charge is 0.490 e. The molecular formula is C20H23NO5. The Bertz CT molecular complexity index is 745. The fourth-order valence-corrected chi connectivity index (χ4v) is 2.40. The molecule has 0 saturated carbocycles. The van der Waals surface area contributed by atoms with E-state index in [9.17, 15) is 14.7 Å². The normalized spacial score (nSPS) is 11.5. The number of carbonyl (C=O) groups is 2. The molecule has 0 fully saturated rings. The van der Waals surface area contributed by atoms with Crippen molar-refractivity contribution in [2.75, 3.05) is 13.2 Å². The van der Waals surface area contributed by atoms with Crippen molar-refractivity contribution in [2.24, 2.45) is 0 Å². The van der Waals surface area contributed by atoms with E-state index in [-0.39, 0.29) is 0 Å². The van der Waals surface area contributed by atoms with Crippen LogP contribution in [0.5, 0.6) is 11.5 Å². The van der Waals surface area contributed by atoms with Gasteiger partial charge in [-0.15, -0.1) is 0 Å². The Morgan fingerprint density at radius 3 is 2.38 bits per heavy atom. The van der Waals surface area contributed by atoms with E-state index in [0.29, 0.717) is 35.8 Å². The SMILES string of the molecule is CCCOc1ccc(C(=O)N[C@H](C(=O)O)c2ccccc2)cc1OCC. The fraction of sp³-hybridized carbons (Fsp3) is 0.300. The van der Waals surface area contributed by atoms with E-state index in [1.807, 2.05) is 13.8 Å². The molecule has 2 aromatic carbocycles. The number of nitrogens with one attached hydrogen (secondary N) is 1. The van der Waals surface area contributed by atoms with Gasteiger partial charge in [0, 0.05) is 5.56 Å². The number of hydrogen-bond acceptors (Lipinski definition) is 4. The molecule has 1 atom stereocenters. The summed E-state index contributed by atoms with van der Waals surface area (Å²) < 4.78 is 11.2. The Labute approximate surface area is 152 Å². The third-order valence-corrected chi connectivity index (χ3v) is 3.62. The maximum Gasteiger partial charge on any atom is 0.330 e. The Balaban J connectivity index is 2.22. The molecule has 0 saturated heterocycles. The summed E-state index contributed by atoms with van der Waals surface area (Å²) in [7, 11) is 0. The molecule has 6 heteroatoms. The molecule has 0 aliphatic heterocycles. The van der Waals surface area contributed by atoms with Crippen LogP contribution >= 0.6 is 0 Å². The third-order valence-electron chi connectivity index (χ3n) is 3.62. The van der Waals surface area contributed by atoms with Crippen molar-refractivity contribution >= 4 is 11.9 Å². The molecule has 6 nitrogen and oxygen atoms in total.